The standard InChI is InChI=1S/C24H25NO5/c1-5-29-23-14-18(11-12-22(23)28-4)24(27)30-15-21(26)20-13-16(2)25(17(20)3)19-9-7-6-8-10-19/h6-14H,5,15H2,1-4H3. The first-order chi connectivity index (χ1) is 14.5. The van der Waals surface area contributed by atoms with Gasteiger partial charge >= 0.3 is 5.97 Å². The van der Waals surface area contributed by atoms with Crippen LogP contribution < -0.4 is 9.47 Å². The van der Waals surface area contributed by atoms with E-state index in [0.717, 1.165) is 17.1 Å². The Bertz CT molecular complexity index is 1050. The maximum Gasteiger partial charge on any atom is 0.338 e. The van der Waals surface area contributed by atoms with Crippen molar-refractivity contribution in [2.45, 2.75) is 20.8 Å². The number of aromatic nitrogens is 1. The van der Waals surface area contributed by atoms with E-state index in [4.69, 9.17) is 14.2 Å². The molecule has 0 aliphatic carbocycles. The van der Waals surface area contributed by atoms with Gasteiger partial charge in [-0.05, 0) is 57.2 Å². The minimum atomic E-state index is -0.594. The van der Waals surface area contributed by atoms with Gasteiger partial charge in [-0.3, -0.25) is 4.79 Å². The van der Waals surface area contributed by atoms with E-state index in [2.05, 4.69) is 0 Å². The van der Waals surface area contributed by atoms with Crippen LogP contribution in [-0.2, 0) is 4.74 Å². The predicted octanol–water partition coefficient (Wildman–Crippen LogP) is 4.54. The average molecular weight is 407 g/mol. The number of hydrogen-bond donors (Lipinski definition) is 0. The van der Waals surface area contributed by atoms with E-state index in [1.807, 2.05) is 61.7 Å². The third-order valence-corrected chi connectivity index (χ3v) is 4.78. The molecule has 0 spiro atoms. The maximum absolute atomic E-state index is 12.7. The number of nitrogens with zero attached hydrogens (tertiary/aromatic N) is 1. The molecular weight excluding hydrogens is 382 g/mol. The molecule has 1 aromatic heterocycles. The van der Waals surface area contributed by atoms with Gasteiger partial charge in [-0.25, -0.2) is 4.79 Å². The molecule has 6 heteroatoms. The number of carbonyl (C=O) groups is 2. The molecule has 0 radical (unpaired) electrons. The fourth-order valence-electron chi connectivity index (χ4n) is 3.38. The molecule has 3 rings (SSSR count). The number of para-hydroxylation sites is 1. The summed E-state index contributed by atoms with van der Waals surface area (Å²) in [5, 5.41) is 0. The summed E-state index contributed by atoms with van der Waals surface area (Å²) in [6.07, 6.45) is 0. The number of ether oxygens (including phenoxy) is 3. The van der Waals surface area contributed by atoms with Crippen LogP contribution in [-0.4, -0.2) is 36.6 Å². The number of benzene rings is 2. The highest BCUT2D eigenvalue weighted by atomic mass is 16.5. The van der Waals surface area contributed by atoms with Crippen molar-refractivity contribution in [3.63, 3.8) is 0 Å². The monoisotopic (exact) mass is 407 g/mol. The van der Waals surface area contributed by atoms with E-state index in [-0.39, 0.29) is 12.4 Å². The zero-order chi connectivity index (χ0) is 21.7. The number of ketones is 1. The molecule has 156 valence electrons. The minimum Gasteiger partial charge on any atom is -0.493 e. The molecule has 3 aromatic rings. The second-order valence-electron chi connectivity index (χ2n) is 6.75. The molecule has 0 atom stereocenters. The fourth-order valence-corrected chi connectivity index (χ4v) is 3.38. The van der Waals surface area contributed by atoms with Crippen molar-refractivity contribution in [1.29, 1.82) is 0 Å². The Morgan fingerprint density at radius 2 is 1.70 bits per heavy atom. The SMILES string of the molecule is CCOc1cc(C(=O)OCC(=O)c2cc(C)n(-c3ccccc3)c2C)ccc1OC. The molecule has 0 amide bonds. The summed E-state index contributed by atoms with van der Waals surface area (Å²) >= 11 is 0. The molecule has 0 fully saturated rings. The summed E-state index contributed by atoms with van der Waals surface area (Å²) in [5.41, 5.74) is 3.55. The lowest BCUT2D eigenvalue weighted by Gasteiger charge is -2.11. The van der Waals surface area contributed by atoms with Crippen molar-refractivity contribution in [2.24, 2.45) is 0 Å². The minimum absolute atomic E-state index is 0.253. The van der Waals surface area contributed by atoms with Gasteiger partial charge in [-0.2, -0.15) is 0 Å². The van der Waals surface area contributed by atoms with Gasteiger partial charge in [0.2, 0.25) is 5.78 Å². The molecule has 0 aliphatic rings. The topological polar surface area (TPSA) is 66.8 Å². The van der Waals surface area contributed by atoms with Crippen LogP contribution in [0, 0.1) is 13.8 Å². The summed E-state index contributed by atoms with van der Waals surface area (Å²) < 4.78 is 18.0. The number of esters is 1. The Hall–Kier alpha value is -3.54. The zero-order valence-electron chi connectivity index (χ0n) is 17.6. The summed E-state index contributed by atoms with van der Waals surface area (Å²) in [6, 6.07) is 16.4. The summed E-state index contributed by atoms with van der Waals surface area (Å²) in [5.74, 6) is 0.131. The van der Waals surface area contributed by atoms with E-state index in [0.29, 0.717) is 29.2 Å². The van der Waals surface area contributed by atoms with Crippen molar-refractivity contribution < 1.29 is 23.8 Å². The molecule has 0 aliphatic heterocycles. The molecule has 0 saturated heterocycles. The summed E-state index contributed by atoms with van der Waals surface area (Å²) in [4.78, 5) is 25.2. The second-order valence-corrected chi connectivity index (χ2v) is 6.75. The van der Waals surface area contributed by atoms with Gasteiger partial charge in [-0.1, -0.05) is 18.2 Å². The van der Waals surface area contributed by atoms with Crippen molar-refractivity contribution in [3.8, 4) is 17.2 Å². The number of hydrogen-bond acceptors (Lipinski definition) is 5. The smallest absolute Gasteiger partial charge is 0.338 e. The molecule has 30 heavy (non-hydrogen) atoms. The first-order valence-electron chi connectivity index (χ1n) is 9.71. The molecule has 6 nitrogen and oxygen atoms in total. The Balaban J connectivity index is 1.73. The van der Waals surface area contributed by atoms with Gasteiger partial charge in [-0.15, -0.1) is 0 Å². The van der Waals surface area contributed by atoms with E-state index >= 15 is 0 Å². The Morgan fingerprint density at radius 3 is 2.37 bits per heavy atom. The number of rotatable bonds is 8. The van der Waals surface area contributed by atoms with Crippen LogP contribution in [0.25, 0.3) is 5.69 Å². The van der Waals surface area contributed by atoms with Crippen LogP contribution in [0.4, 0.5) is 0 Å². The quantitative estimate of drug-likeness (QED) is 0.405. The molecule has 0 unspecified atom stereocenters. The number of aryl methyl sites for hydroxylation is 1. The van der Waals surface area contributed by atoms with Crippen LogP contribution >= 0.6 is 0 Å². The average Bonchev–Trinajstić information content (AvgIpc) is 3.06. The summed E-state index contributed by atoms with van der Waals surface area (Å²) in [6.45, 7) is 5.76. The van der Waals surface area contributed by atoms with E-state index < -0.39 is 5.97 Å². The van der Waals surface area contributed by atoms with Crippen molar-refractivity contribution in [3.05, 3.63) is 77.1 Å². The van der Waals surface area contributed by atoms with E-state index in [9.17, 15) is 9.59 Å². The van der Waals surface area contributed by atoms with Crippen LogP contribution in [0.3, 0.4) is 0 Å². The molecular formula is C24H25NO5. The maximum atomic E-state index is 12.7. The van der Waals surface area contributed by atoms with Crippen LogP contribution in [0.15, 0.2) is 54.6 Å². The molecule has 2 aromatic carbocycles. The molecule has 0 N–H and O–H groups in total. The van der Waals surface area contributed by atoms with E-state index in [1.165, 1.54) is 7.11 Å². The van der Waals surface area contributed by atoms with Crippen molar-refractivity contribution >= 4 is 11.8 Å². The highest BCUT2D eigenvalue weighted by Gasteiger charge is 2.19. The molecule has 0 saturated carbocycles. The Labute approximate surface area is 176 Å². The number of carbonyl (C=O) groups excluding carboxylic acids is 2. The predicted molar refractivity (Wildman–Crippen MR) is 114 cm³/mol. The van der Waals surface area contributed by atoms with Crippen molar-refractivity contribution in [2.75, 3.05) is 20.3 Å². The van der Waals surface area contributed by atoms with Gasteiger partial charge in [0.05, 0.1) is 19.3 Å². The molecule has 0 bridgehead atoms. The van der Waals surface area contributed by atoms with Gasteiger partial charge in [0.25, 0.3) is 0 Å². The first-order valence-corrected chi connectivity index (χ1v) is 9.71. The second kappa shape index (κ2) is 9.31. The fraction of sp³-hybridized carbons (Fsp3) is 0.250. The number of methoxy groups -OCH3 is 1. The van der Waals surface area contributed by atoms with E-state index in [1.54, 1.807) is 18.2 Å². The highest BCUT2D eigenvalue weighted by Crippen LogP contribution is 2.28. The third-order valence-electron chi connectivity index (χ3n) is 4.78. The normalized spacial score (nSPS) is 10.5. The van der Waals surface area contributed by atoms with Crippen LogP contribution in [0.5, 0.6) is 11.5 Å². The Kier molecular flexibility index (Phi) is 6.57. The summed E-state index contributed by atoms with van der Waals surface area (Å²) in [7, 11) is 1.53. The van der Waals surface area contributed by atoms with Gasteiger partial charge < -0.3 is 18.8 Å². The van der Waals surface area contributed by atoms with Crippen LogP contribution in [0.1, 0.15) is 39.0 Å². The Morgan fingerprint density at radius 1 is 0.967 bits per heavy atom. The van der Waals surface area contributed by atoms with Crippen molar-refractivity contribution in [1.82, 2.24) is 4.57 Å². The lowest BCUT2D eigenvalue weighted by atomic mass is 10.1. The van der Waals surface area contributed by atoms with Gasteiger partial charge in [0.15, 0.2) is 18.1 Å². The highest BCUT2D eigenvalue weighted by molar-refractivity contribution is 6.00. The van der Waals surface area contributed by atoms with Gasteiger partial charge in [0.1, 0.15) is 0 Å². The zero-order valence-corrected chi connectivity index (χ0v) is 17.6. The lowest BCUT2D eigenvalue weighted by Crippen LogP contribution is -2.15. The first kappa shape index (κ1) is 21.2. The molecule has 1 heterocycles. The largest absolute Gasteiger partial charge is 0.493 e. The third kappa shape index (κ3) is 4.38. The van der Waals surface area contributed by atoms with Crippen LogP contribution in [0.2, 0.25) is 0 Å². The number of Topliss-reactive ketones (excluding diaryl/α,β-unsaturated/α-hetero) is 1. The lowest BCUT2D eigenvalue weighted by molar-refractivity contribution is 0.0474. The van der Waals surface area contributed by atoms with Gasteiger partial charge in [0, 0.05) is 22.6 Å².